The van der Waals surface area contributed by atoms with E-state index in [0.717, 1.165) is 0 Å². The minimum Gasteiger partial charge on any atom is -0.481 e. The Kier molecular flexibility index (Phi) is 5.44. The highest BCUT2D eigenvalue weighted by Crippen LogP contribution is 2.28. The molecule has 0 aliphatic heterocycles. The number of halogens is 2. The molecule has 5 nitrogen and oxygen atoms in total. The number of carbonyl (C=O) groups excluding carboxylic acids is 1. The number of aliphatic carboxylic acids is 1. The van der Waals surface area contributed by atoms with Crippen LogP contribution >= 0.6 is 23.2 Å². The molecule has 0 fully saturated rings. The second kappa shape index (κ2) is 6.63. The number of amides is 1. The lowest BCUT2D eigenvalue weighted by atomic mass is 10.1. The minimum absolute atomic E-state index is 0.00923. The smallest absolute Gasteiger partial charge is 0.303 e. The SMILES string of the molecule is CC(CCC(=O)O)NC(=O)c1cc(Cl)c(N)c(Cl)c1. The highest BCUT2D eigenvalue weighted by molar-refractivity contribution is 6.39. The predicted molar refractivity (Wildman–Crippen MR) is 74.7 cm³/mol. The summed E-state index contributed by atoms with van der Waals surface area (Å²) in [5, 5.41) is 11.6. The Morgan fingerprint density at radius 2 is 1.89 bits per heavy atom. The minimum atomic E-state index is -0.903. The molecule has 1 rings (SSSR count). The molecule has 1 atom stereocenters. The first kappa shape index (κ1) is 15.6. The fourth-order valence-electron chi connectivity index (χ4n) is 1.43. The Morgan fingerprint density at radius 3 is 2.37 bits per heavy atom. The molecule has 104 valence electrons. The van der Waals surface area contributed by atoms with Crippen molar-refractivity contribution in [3.05, 3.63) is 27.7 Å². The van der Waals surface area contributed by atoms with E-state index in [1.165, 1.54) is 12.1 Å². The van der Waals surface area contributed by atoms with Crippen molar-refractivity contribution in [1.29, 1.82) is 0 Å². The monoisotopic (exact) mass is 304 g/mol. The fourth-order valence-corrected chi connectivity index (χ4v) is 1.92. The summed E-state index contributed by atoms with van der Waals surface area (Å²) in [5.41, 5.74) is 6.08. The number of nitrogens with two attached hydrogens (primary N) is 1. The van der Waals surface area contributed by atoms with Crippen LogP contribution in [-0.4, -0.2) is 23.0 Å². The van der Waals surface area contributed by atoms with Gasteiger partial charge in [-0.2, -0.15) is 0 Å². The number of carboxylic acid groups (broad SMARTS) is 1. The van der Waals surface area contributed by atoms with Gasteiger partial charge in [-0.15, -0.1) is 0 Å². The van der Waals surface area contributed by atoms with Crippen LogP contribution in [0.1, 0.15) is 30.1 Å². The molecule has 1 amide bonds. The van der Waals surface area contributed by atoms with Crippen LogP contribution in [0.3, 0.4) is 0 Å². The Balaban J connectivity index is 2.70. The molecule has 0 aliphatic carbocycles. The van der Waals surface area contributed by atoms with Gasteiger partial charge in [0.05, 0.1) is 15.7 Å². The Labute approximate surface area is 120 Å². The lowest BCUT2D eigenvalue weighted by Gasteiger charge is -2.13. The van der Waals surface area contributed by atoms with Gasteiger partial charge in [0.2, 0.25) is 0 Å². The first-order chi connectivity index (χ1) is 8.81. The molecule has 0 bridgehead atoms. The highest BCUT2D eigenvalue weighted by Gasteiger charge is 2.14. The van der Waals surface area contributed by atoms with Crippen LogP contribution in [0.4, 0.5) is 5.69 Å². The van der Waals surface area contributed by atoms with E-state index in [1.807, 2.05) is 0 Å². The van der Waals surface area contributed by atoms with Gasteiger partial charge in [0.15, 0.2) is 0 Å². The maximum atomic E-state index is 11.9. The Morgan fingerprint density at radius 1 is 1.37 bits per heavy atom. The number of hydrogen-bond donors (Lipinski definition) is 3. The molecule has 19 heavy (non-hydrogen) atoms. The lowest BCUT2D eigenvalue weighted by Crippen LogP contribution is -2.33. The maximum absolute atomic E-state index is 11.9. The van der Waals surface area contributed by atoms with Gasteiger partial charge in [-0.3, -0.25) is 9.59 Å². The summed E-state index contributed by atoms with van der Waals surface area (Å²) < 4.78 is 0. The number of anilines is 1. The van der Waals surface area contributed by atoms with E-state index in [0.29, 0.717) is 6.42 Å². The van der Waals surface area contributed by atoms with Gasteiger partial charge >= 0.3 is 5.97 Å². The van der Waals surface area contributed by atoms with Crippen LogP contribution in [0.15, 0.2) is 12.1 Å². The van der Waals surface area contributed by atoms with Crippen molar-refractivity contribution in [3.63, 3.8) is 0 Å². The number of nitrogens with one attached hydrogen (secondary N) is 1. The molecule has 7 heteroatoms. The van der Waals surface area contributed by atoms with Crippen LogP contribution in [-0.2, 0) is 4.79 Å². The standard InChI is InChI=1S/C12H14Cl2N2O3/c1-6(2-3-10(17)18)16-12(19)7-4-8(13)11(15)9(14)5-7/h4-6H,2-3,15H2,1H3,(H,16,19)(H,17,18). The average molecular weight is 305 g/mol. The fraction of sp³-hybridized carbons (Fsp3) is 0.333. The van der Waals surface area contributed by atoms with Crippen molar-refractivity contribution in [2.24, 2.45) is 0 Å². The van der Waals surface area contributed by atoms with E-state index in [1.54, 1.807) is 6.92 Å². The summed E-state index contributed by atoms with van der Waals surface area (Å²) in [4.78, 5) is 22.3. The zero-order valence-electron chi connectivity index (χ0n) is 10.2. The van der Waals surface area contributed by atoms with Crippen molar-refractivity contribution >= 4 is 40.8 Å². The molecule has 0 radical (unpaired) electrons. The van der Waals surface area contributed by atoms with E-state index in [4.69, 9.17) is 34.0 Å². The molecular weight excluding hydrogens is 291 g/mol. The molecule has 1 aromatic carbocycles. The lowest BCUT2D eigenvalue weighted by molar-refractivity contribution is -0.137. The molecule has 0 aliphatic rings. The van der Waals surface area contributed by atoms with Gasteiger partial charge in [0.1, 0.15) is 0 Å². The van der Waals surface area contributed by atoms with Gasteiger partial charge in [0.25, 0.3) is 5.91 Å². The van der Waals surface area contributed by atoms with Crippen LogP contribution in [0, 0.1) is 0 Å². The Hall–Kier alpha value is -1.46. The van der Waals surface area contributed by atoms with Crippen molar-refractivity contribution in [2.45, 2.75) is 25.8 Å². The third-order valence-corrected chi connectivity index (χ3v) is 3.14. The average Bonchev–Trinajstić information content (AvgIpc) is 2.32. The van der Waals surface area contributed by atoms with Crippen molar-refractivity contribution in [1.82, 2.24) is 5.32 Å². The summed E-state index contributed by atoms with van der Waals surface area (Å²) in [6.07, 6.45) is 0.336. The maximum Gasteiger partial charge on any atom is 0.303 e. The van der Waals surface area contributed by atoms with Crippen molar-refractivity contribution < 1.29 is 14.7 Å². The molecule has 0 saturated carbocycles. The first-order valence-corrected chi connectivity index (χ1v) is 6.34. The summed E-state index contributed by atoms with van der Waals surface area (Å²) >= 11 is 11.7. The van der Waals surface area contributed by atoms with Gasteiger partial charge in [-0.25, -0.2) is 0 Å². The molecule has 0 heterocycles. The second-order valence-corrected chi connectivity index (χ2v) is 4.97. The van der Waals surface area contributed by atoms with Crippen LogP contribution in [0.25, 0.3) is 0 Å². The highest BCUT2D eigenvalue weighted by atomic mass is 35.5. The van der Waals surface area contributed by atoms with E-state index in [-0.39, 0.29) is 39.7 Å². The third-order valence-electron chi connectivity index (χ3n) is 2.51. The number of carboxylic acids is 1. The second-order valence-electron chi connectivity index (χ2n) is 4.16. The quantitative estimate of drug-likeness (QED) is 0.729. The van der Waals surface area contributed by atoms with Crippen molar-refractivity contribution in [2.75, 3.05) is 5.73 Å². The zero-order chi connectivity index (χ0) is 14.6. The number of nitrogen functional groups attached to an aromatic ring is 1. The number of benzene rings is 1. The van der Waals surface area contributed by atoms with E-state index in [2.05, 4.69) is 5.32 Å². The van der Waals surface area contributed by atoms with Gasteiger partial charge in [-0.05, 0) is 25.5 Å². The van der Waals surface area contributed by atoms with Gasteiger partial charge < -0.3 is 16.2 Å². The normalized spacial score (nSPS) is 11.9. The largest absolute Gasteiger partial charge is 0.481 e. The first-order valence-electron chi connectivity index (χ1n) is 5.58. The number of hydrogen-bond acceptors (Lipinski definition) is 3. The summed E-state index contributed by atoms with van der Waals surface area (Å²) in [6.45, 7) is 1.72. The molecule has 1 unspecified atom stereocenters. The zero-order valence-corrected chi connectivity index (χ0v) is 11.8. The predicted octanol–water partition coefficient (Wildman–Crippen LogP) is 2.56. The molecule has 0 saturated heterocycles. The molecule has 0 spiro atoms. The van der Waals surface area contributed by atoms with Crippen LogP contribution < -0.4 is 11.1 Å². The number of carbonyl (C=O) groups is 2. The molecular formula is C12H14Cl2N2O3. The van der Waals surface area contributed by atoms with Crippen LogP contribution in [0.5, 0.6) is 0 Å². The summed E-state index contributed by atoms with van der Waals surface area (Å²) in [7, 11) is 0. The van der Waals surface area contributed by atoms with E-state index >= 15 is 0 Å². The van der Waals surface area contributed by atoms with Crippen LogP contribution in [0.2, 0.25) is 10.0 Å². The Bertz CT molecular complexity index is 483. The topological polar surface area (TPSA) is 92.4 Å². The van der Waals surface area contributed by atoms with E-state index in [9.17, 15) is 9.59 Å². The van der Waals surface area contributed by atoms with Crippen molar-refractivity contribution in [3.8, 4) is 0 Å². The van der Waals surface area contributed by atoms with Gasteiger partial charge in [-0.1, -0.05) is 23.2 Å². The van der Waals surface area contributed by atoms with Gasteiger partial charge in [0, 0.05) is 18.0 Å². The molecule has 0 aromatic heterocycles. The van der Waals surface area contributed by atoms with E-state index < -0.39 is 5.97 Å². The molecule has 1 aromatic rings. The summed E-state index contributed by atoms with van der Waals surface area (Å²) in [5.74, 6) is -1.28. The molecule has 4 N–H and O–H groups in total. The number of rotatable bonds is 5. The third kappa shape index (κ3) is 4.61. The summed E-state index contributed by atoms with van der Waals surface area (Å²) in [6, 6.07) is 2.57.